The van der Waals surface area contributed by atoms with Crippen molar-refractivity contribution in [2.45, 2.75) is 26.4 Å². The highest BCUT2D eigenvalue weighted by Crippen LogP contribution is 2.22. The molecular weight excluding hydrogens is 466 g/mol. The maximum Gasteiger partial charge on any atom is 0.410 e. The number of nitrogens with zero attached hydrogens (tertiary/aromatic N) is 5. The van der Waals surface area contributed by atoms with E-state index in [1.54, 1.807) is 9.58 Å². The summed E-state index contributed by atoms with van der Waals surface area (Å²) in [6.07, 6.45) is -0.242. The lowest BCUT2D eigenvalue weighted by Gasteiger charge is -2.36. The van der Waals surface area contributed by atoms with Crippen molar-refractivity contribution < 1.29 is 9.53 Å². The first-order valence-corrected chi connectivity index (χ1v) is 9.93. The SMILES string of the molecule is CC(C)(C)OC(=O)N1CCN(c2ccc(-n3nc(Br)nc3Br)cc2)CC1. The molecule has 3 rings (SSSR count). The van der Waals surface area contributed by atoms with Gasteiger partial charge in [-0.15, -0.1) is 5.10 Å². The molecule has 1 aromatic heterocycles. The third-order valence-electron chi connectivity index (χ3n) is 3.93. The van der Waals surface area contributed by atoms with Gasteiger partial charge in [0.1, 0.15) is 5.60 Å². The van der Waals surface area contributed by atoms with Crippen LogP contribution in [0.1, 0.15) is 20.8 Å². The molecule has 0 atom stereocenters. The number of hydrogen-bond donors (Lipinski definition) is 0. The van der Waals surface area contributed by atoms with Gasteiger partial charge in [0, 0.05) is 31.9 Å². The highest BCUT2D eigenvalue weighted by Gasteiger charge is 2.26. The zero-order valence-corrected chi connectivity index (χ0v) is 18.1. The van der Waals surface area contributed by atoms with Crippen molar-refractivity contribution in [2.75, 3.05) is 31.1 Å². The van der Waals surface area contributed by atoms with Gasteiger partial charge < -0.3 is 14.5 Å². The maximum atomic E-state index is 12.2. The van der Waals surface area contributed by atoms with Crippen LogP contribution in [0.15, 0.2) is 33.7 Å². The van der Waals surface area contributed by atoms with E-state index in [1.807, 2.05) is 32.9 Å². The number of anilines is 1. The third kappa shape index (κ3) is 4.56. The van der Waals surface area contributed by atoms with Gasteiger partial charge >= 0.3 is 6.09 Å². The minimum Gasteiger partial charge on any atom is -0.444 e. The van der Waals surface area contributed by atoms with Crippen LogP contribution in [0.3, 0.4) is 0 Å². The Morgan fingerprint density at radius 2 is 1.62 bits per heavy atom. The molecule has 0 N–H and O–H groups in total. The van der Waals surface area contributed by atoms with E-state index >= 15 is 0 Å². The van der Waals surface area contributed by atoms with Crippen LogP contribution in [0.2, 0.25) is 0 Å². The Hall–Kier alpha value is -1.61. The minimum atomic E-state index is -0.464. The lowest BCUT2D eigenvalue weighted by molar-refractivity contribution is 0.0240. The van der Waals surface area contributed by atoms with Gasteiger partial charge in [-0.1, -0.05) is 0 Å². The second-order valence-electron chi connectivity index (χ2n) is 7.03. The van der Waals surface area contributed by atoms with Crippen LogP contribution >= 0.6 is 31.9 Å². The Kier molecular flexibility index (Phi) is 5.57. The molecule has 1 fully saturated rings. The predicted molar refractivity (Wildman–Crippen MR) is 107 cm³/mol. The molecule has 140 valence electrons. The number of hydrogen-bond acceptors (Lipinski definition) is 5. The molecule has 0 bridgehead atoms. The molecule has 1 aliphatic rings. The largest absolute Gasteiger partial charge is 0.444 e. The molecule has 0 radical (unpaired) electrons. The summed E-state index contributed by atoms with van der Waals surface area (Å²) >= 11 is 6.66. The van der Waals surface area contributed by atoms with Gasteiger partial charge in [0.15, 0.2) is 0 Å². The fourth-order valence-electron chi connectivity index (χ4n) is 2.71. The molecular formula is C17H21Br2N5O2. The summed E-state index contributed by atoms with van der Waals surface area (Å²) in [5.74, 6) is 0. The number of carbonyl (C=O) groups is 1. The first-order valence-electron chi connectivity index (χ1n) is 8.34. The number of amides is 1. The molecule has 2 heterocycles. The van der Waals surface area contributed by atoms with Crippen molar-refractivity contribution in [2.24, 2.45) is 0 Å². The third-order valence-corrected chi connectivity index (χ3v) is 4.78. The van der Waals surface area contributed by atoms with E-state index in [0.29, 0.717) is 22.6 Å². The summed E-state index contributed by atoms with van der Waals surface area (Å²) in [6, 6.07) is 8.11. The van der Waals surface area contributed by atoms with Crippen LogP contribution in [-0.4, -0.2) is 57.5 Å². The number of aromatic nitrogens is 3. The van der Waals surface area contributed by atoms with Crippen LogP contribution in [0.5, 0.6) is 0 Å². The van der Waals surface area contributed by atoms with Crippen molar-refractivity contribution in [3.63, 3.8) is 0 Å². The van der Waals surface area contributed by atoms with Gasteiger partial charge in [0.25, 0.3) is 0 Å². The lowest BCUT2D eigenvalue weighted by atomic mass is 10.2. The van der Waals surface area contributed by atoms with E-state index in [1.165, 1.54) is 0 Å². The fourth-order valence-corrected chi connectivity index (χ4v) is 3.73. The van der Waals surface area contributed by atoms with Crippen LogP contribution in [0.4, 0.5) is 10.5 Å². The smallest absolute Gasteiger partial charge is 0.410 e. The molecule has 26 heavy (non-hydrogen) atoms. The van der Waals surface area contributed by atoms with Crippen LogP contribution in [-0.2, 0) is 4.74 Å². The van der Waals surface area contributed by atoms with Crippen LogP contribution in [0, 0.1) is 0 Å². The van der Waals surface area contributed by atoms with Gasteiger partial charge in [-0.05, 0) is 76.9 Å². The van der Waals surface area contributed by atoms with Gasteiger partial charge in [0.05, 0.1) is 5.69 Å². The maximum absolute atomic E-state index is 12.2. The highest BCUT2D eigenvalue weighted by molar-refractivity contribution is 9.11. The van der Waals surface area contributed by atoms with Crippen LogP contribution in [0.25, 0.3) is 5.69 Å². The highest BCUT2D eigenvalue weighted by atomic mass is 79.9. The monoisotopic (exact) mass is 485 g/mol. The van der Waals surface area contributed by atoms with E-state index < -0.39 is 5.60 Å². The predicted octanol–water partition coefficient (Wildman–Crippen LogP) is 3.85. The summed E-state index contributed by atoms with van der Waals surface area (Å²) < 4.78 is 8.33. The molecule has 0 aliphatic carbocycles. The molecule has 1 aliphatic heterocycles. The molecule has 0 unspecified atom stereocenters. The summed E-state index contributed by atoms with van der Waals surface area (Å²) in [5, 5.41) is 4.28. The van der Waals surface area contributed by atoms with Gasteiger partial charge in [0.2, 0.25) is 9.47 Å². The number of halogens is 2. The van der Waals surface area contributed by atoms with Crippen molar-refractivity contribution >= 4 is 43.6 Å². The van der Waals surface area contributed by atoms with E-state index in [-0.39, 0.29) is 6.09 Å². The summed E-state index contributed by atoms with van der Waals surface area (Å²) in [6.45, 7) is 8.50. The van der Waals surface area contributed by atoms with E-state index in [4.69, 9.17) is 4.74 Å². The first-order chi connectivity index (χ1) is 12.2. The van der Waals surface area contributed by atoms with Crippen molar-refractivity contribution in [1.29, 1.82) is 0 Å². The summed E-state index contributed by atoms with van der Waals surface area (Å²) in [5.41, 5.74) is 1.58. The van der Waals surface area contributed by atoms with Crippen molar-refractivity contribution in [3.8, 4) is 5.69 Å². The zero-order chi connectivity index (χ0) is 18.9. The lowest BCUT2D eigenvalue weighted by Crippen LogP contribution is -2.50. The van der Waals surface area contributed by atoms with Crippen molar-refractivity contribution in [1.82, 2.24) is 19.7 Å². The molecule has 1 saturated heterocycles. The summed E-state index contributed by atoms with van der Waals surface area (Å²) in [7, 11) is 0. The number of carbonyl (C=O) groups excluding carboxylic acids is 1. The second-order valence-corrected chi connectivity index (χ2v) is 8.45. The molecule has 9 heteroatoms. The normalized spacial score (nSPS) is 15.3. The van der Waals surface area contributed by atoms with Gasteiger partial charge in [-0.25, -0.2) is 9.48 Å². The molecule has 1 amide bonds. The van der Waals surface area contributed by atoms with Crippen LogP contribution < -0.4 is 4.90 Å². The van der Waals surface area contributed by atoms with Gasteiger partial charge in [-0.3, -0.25) is 0 Å². The second kappa shape index (κ2) is 7.56. The Balaban J connectivity index is 1.61. The molecule has 2 aromatic rings. The first kappa shape index (κ1) is 19.2. The molecule has 0 saturated carbocycles. The molecule has 7 nitrogen and oxygen atoms in total. The number of rotatable bonds is 2. The molecule has 1 aromatic carbocycles. The van der Waals surface area contributed by atoms with Gasteiger partial charge in [-0.2, -0.15) is 4.98 Å². The molecule has 0 spiro atoms. The zero-order valence-electron chi connectivity index (χ0n) is 14.9. The fraction of sp³-hybridized carbons (Fsp3) is 0.471. The quantitative estimate of drug-likeness (QED) is 0.645. The Morgan fingerprint density at radius 1 is 1.04 bits per heavy atom. The van der Waals surface area contributed by atoms with Crippen molar-refractivity contribution in [3.05, 3.63) is 33.7 Å². The number of piperazine rings is 1. The van der Waals surface area contributed by atoms with E-state index in [0.717, 1.165) is 24.5 Å². The number of ether oxygens (including phenoxy) is 1. The average Bonchev–Trinajstić information content (AvgIpc) is 2.92. The van der Waals surface area contributed by atoms with E-state index in [9.17, 15) is 4.79 Å². The summed E-state index contributed by atoms with van der Waals surface area (Å²) in [4.78, 5) is 20.4. The minimum absolute atomic E-state index is 0.242. The Bertz CT molecular complexity index is 777. The Labute approximate surface area is 169 Å². The topological polar surface area (TPSA) is 63.5 Å². The Morgan fingerprint density at radius 3 is 2.12 bits per heavy atom. The number of benzene rings is 1. The average molecular weight is 487 g/mol. The standard InChI is InChI=1S/C17H21Br2N5O2/c1-17(2,3)26-16(25)23-10-8-22(9-11-23)12-4-6-13(7-5-12)24-15(19)20-14(18)21-24/h4-7H,8-11H2,1-3H3. The van der Waals surface area contributed by atoms with E-state index in [2.05, 4.69) is 59.0 Å².